The predicted octanol–water partition coefficient (Wildman–Crippen LogP) is 5.14. The standard InChI is InChI=1S/C27H28O7/c1-29-20-9-17(10-21(14-20)30-2)7-8-18-11-24(33-5)16-25(34-6)26(18)27(28)19-12-22(31-3)15-23(13-19)32-4/h7-16H,1-6H3/b8-7+. The van der Waals surface area contributed by atoms with E-state index in [0.717, 1.165) is 5.56 Å². The molecule has 0 saturated heterocycles. The van der Waals surface area contributed by atoms with Gasteiger partial charge in [0, 0.05) is 23.8 Å². The molecule has 3 aromatic carbocycles. The van der Waals surface area contributed by atoms with Gasteiger partial charge in [-0.3, -0.25) is 4.79 Å². The molecule has 0 bridgehead atoms. The second kappa shape index (κ2) is 11.1. The van der Waals surface area contributed by atoms with E-state index in [2.05, 4.69) is 0 Å². The van der Waals surface area contributed by atoms with E-state index in [4.69, 9.17) is 28.4 Å². The largest absolute Gasteiger partial charge is 0.497 e. The molecule has 3 aromatic rings. The number of carbonyl (C=O) groups is 1. The van der Waals surface area contributed by atoms with Crippen LogP contribution in [0.25, 0.3) is 12.2 Å². The fraction of sp³-hybridized carbons (Fsp3) is 0.222. The van der Waals surface area contributed by atoms with Crippen LogP contribution in [0.3, 0.4) is 0 Å². The second-order valence-electron chi connectivity index (χ2n) is 7.20. The van der Waals surface area contributed by atoms with Crippen molar-refractivity contribution in [2.24, 2.45) is 0 Å². The molecule has 0 aliphatic carbocycles. The summed E-state index contributed by atoms with van der Waals surface area (Å²) in [7, 11) is 9.33. The third-order valence-corrected chi connectivity index (χ3v) is 5.23. The first-order chi connectivity index (χ1) is 16.5. The number of rotatable bonds is 10. The SMILES string of the molecule is COc1cc(/C=C/c2cc(OC)cc(OC)c2C(=O)c2cc(OC)cc(OC)c2)cc(OC)c1. The number of methoxy groups -OCH3 is 6. The van der Waals surface area contributed by atoms with E-state index in [-0.39, 0.29) is 5.78 Å². The molecule has 0 N–H and O–H groups in total. The molecule has 0 spiro atoms. The summed E-state index contributed by atoms with van der Waals surface area (Å²) < 4.78 is 32.4. The topological polar surface area (TPSA) is 72.5 Å². The average molecular weight is 465 g/mol. The number of benzene rings is 3. The molecule has 0 aromatic heterocycles. The molecular formula is C27H28O7. The molecule has 3 rings (SSSR count). The summed E-state index contributed by atoms with van der Waals surface area (Å²) in [4.78, 5) is 13.7. The van der Waals surface area contributed by atoms with Crippen LogP contribution in [-0.4, -0.2) is 48.4 Å². The van der Waals surface area contributed by atoms with Crippen LogP contribution in [0.4, 0.5) is 0 Å². The van der Waals surface area contributed by atoms with E-state index in [1.165, 1.54) is 21.3 Å². The Labute approximate surface area is 199 Å². The predicted molar refractivity (Wildman–Crippen MR) is 131 cm³/mol. The Kier molecular flexibility index (Phi) is 8.03. The van der Waals surface area contributed by atoms with Crippen LogP contribution >= 0.6 is 0 Å². The van der Waals surface area contributed by atoms with E-state index in [1.54, 1.807) is 57.7 Å². The van der Waals surface area contributed by atoms with Crippen LogP contribution in [0.15, 0.2) is 48.5 Å². The van der Waals surface area contributed by atoms with Crippen LogP contribution in [0.2, 0.25) is 0 Å². The lowest BCUT2D eigenvalue weighted by molar-refractivity contribution is 0.103. The smallest absolute Gasteiger partial charge is 0.197 e. The van der Waals surface area contributed by atoms with Crippen LogP contribution < -0.4 is 28.4 Å². The summed E-state index contributed by atoms with van der Waals surface area (Å²) in [5.74, 6) is 3.02. The van der Waals surface area contributed by atoms with Gasteiger partial charge in [-0.2, -0.15) is 0 Å². The van der Waals surface area contributed by atoms with Crippen molar-refractivity contribution in [1.82, 2.24) is 0 Å². The minimum absolute atomic E-state index is 0.250. The monoisotopic (exact) mass is 464 g/mol. The lowest BCUT2D eigenvalue weighted by Gasteiger charge is -2.15. The van der Waals surface area contributed by atoms with Gasteiger partial charge in [0.15, 0.2) is 5.78 Å². The summed E-state index contributed by atoms with van der Waals surface area (Å²) in [5, 5.41) is 0. The number of ether oxygens (including phenoxy) is 6. The Hall–Kier alpha value is -4.13. The lowest BCUT2D eigenvalue weighted by Crippen LogP contribution is -2.08. The molecule has 178 valence electrons. The van der Waals surface area contributed by atoms with Crippen molar-refractivity contribution >= 4 is 17.9 Å². The van der Waals surface area contributed by atoms with E-state index in [0.29, 0.717) is 51.2 Å². The summed E-state index contributed by atoms with van der Waals surface area (Å²) >= 11 is 0. The second-order valence-corrected chi connectivity index (χ2v) is 7.20. The molecule has 0 heterocycles. The first-order valence-electron chi connectivity index (χ1n) is 10.4. The molecule has 0 radical (unpaired) electrons. The summed E-state index contributed by atoms with van der Waals surface area (Å²) in [5.41, 5.74) is 2.23. The van der Waals surface area contributed by atoms with Crippen LogP contribution in [-0.2, 0) is 0 Å². The molecule has 0 aliphatic rings. The van der Waals surface area contributed by atoms with Gasteiger partial charge in [0.25, 0.3) is 0 Å². The van der Waals surface area contributed by atoms with Crippen molar-refractivity contribution < 1.29 is 33.2 Å². The van der Waals surface area contributed by atoms with E-state index >= 15 is 0 Å². The third kappa shape index (κ3) is 5.43. The van der Waals surface area contributed by atoms with Gasteiger partial charge in [0.2, 0.25) is 0 Å². The minimum atomic E-state index is -0.250. The zero-order valence-electron chi connectivity index (χ0n) is 20.1. The van der Waals surface area contributed by atoms with E-state index in [9.17, 15) is 4.79 Å². The molecule has 34 heavy (non-hydrogen) atoms. The van der Waals surface area contributed by atoms with Crippen molar-refractivity contribution in [3.8, 4) is 34.5 Å². The van der Waals surface area contributed by atoms with Gasteiger partial charge in [-0.05, 0) is 41.5 Å². The van der Waals surface area contributed by atoms with Crippen LogP contribution in [0.1, 0.15) is 27.0 Å². The Balaban J connectivity index is 2.15. The molecule has 0 fully saturated rings. The molecule has 7 nitrogen and oxygen atoms in total. The van der Waals surface area contributed by atoms with Gasteiger partial charge >= 0.3 is 0 Å². The summed E-state index contributed by atoms with van der Waals surface area (Å²) in [6.07, 6.45) is 3.69. The number of ketones is 1. The van der Waals surface area contributed by atoms with Gasteiger partial charge in [-0.1, -0.05) is 12.2 Å². The highest BCUT2D eigenvalue weighted by molar-refractivity contribution is 6.13. The number of carbonyl (C=O) groups excluding carboxylic acids is 1. The summed E-state index contributed by atoms with van der Waals surface area (Å²) in [6, 6.07) is 14.0. The third-order valence-electron chi connectivity index (χ3n) is 5.23. The Morgan fingerprint density at radius 2 is 1.03 bits per heavy atom. The van der Waals surface area contributed by atoms with Crippen molar-refractivity contribution in [1.29, 1.82) is 0 Å². The summed E-state index contributed by atoms with van der Waals surface area (Å²) in [6.45, 7) is 0. The molecular weight excluding hydrogens is 436 g/mol. The van der Waals surface area contributed by atoms with Gasteiger partial charge in [-0.15, -0.1) is 0 Å². The van der Waals surface area contributed by atoms with Crippen molar-refractivity contribution in [2.75, 3.05) is 42.7 Å². The zero-order valence-corrected chi connectivity index (χ0v) is 20.1. The quantitative estimate of drug-likeness (QED) is 0.304. The molecule has 7 heteroatoms. The lowest BCUT2D eigenvalue weighted by atomic mass is 9.95. The van der Waals surface area contributed by atoms with Gasteiger partial charge in [0.1, 0.15) is 34.5 Å². The Bertz CT molecular complexity index is 1150. The molecule has 0 amide bonds. The average Bonchev–Trinajstić information content (AvgIpc) is 2.89. The van der Waals surface area contributed by atoms with Crippen molar-refractivity contribution in [2.45, 2.75) is 0 Å². The van der Waals surface area contributed by atoms with E-state index in [1.807, 2.05) is 24.3 Å². The Morgan fingerprint density at radius 1 is 0.559 bits per heavy atom. The fourth-order valence-electron chi connectivity index (χ4n) is 3.46. The van der Waals surface area contributed by atoms with Crippen LogP contribution in [0, 0.1) is 0 Å². The number of hydrogen-bond donors (Lipinski definition) is 0. The highest BCUT2D eigenvalue weighted by Gasteiger charge is 2.21. The van der Waals surface area contributed by atoms with E-state index < -0.39 is 0 Å². The molecule has 0 unspecified atom stereocenters. The normalized spacial score (nSPS) is 10.6. The molecule has 0 aliphatic heterocycles. The molecule has 0 atom stereocenters. The first-order valence-corrected chi connectivity index (χ1v) is 10.4. The fourth-order valence-corrected chi connectivity index (χ4v) is 3.46. The maximum absolute atomic E-state index is 13.7. The molecule has 0 saturated carbocycles. The zero-order chi connectivity index (χ0) is 24.7. The maximum atomic E-state index is 13.7. The highest BCUT2D eigenvalue weighted by Crippen LogP contribution is 2.34. The van der Waals surface area contributed by atoms with Crippen molar-refractivity contribution in [3.05, 3.63) is 70.8 Å². The van der Waals surface area contributed by atoms with Gasteiger partial charge < -0.3 is 28.4 Å². The Morgan fingerprint density at radius 3 is 1.50 bits per heavy atom. The maximum Gasteiger partial charge on any atom is 0.197 e. The van der Waals surface area contributed by atoms with Crippen LogP contribution in [0.5, 0.6) is 34.5 Å². The number of hydrogen-bond acceptors (Lipinski definition) is 7. The van der Waals surface area contributed by atoms with Gasteiger partial charge in [0.05, 0.1) is 48.2 Å². The highest BCUT2D eigenvalue weighted by atomic mass is 16.5. The van der Waals surface area contributed by atoms with Gasteiger partial charge in [-0.25, -0.2) is 0 Å². The van der Waals surface area contributed by atoms with Crippen molar-refractivity contribution in [3.63, 3.8) is 0 Å². The first kappa shape index (κ1) is 24.5. The minimum Gasteiger partial charge on any atom is -0.497 e.